The van der Waals surface area contributed by atoms with Crippen molar-refractivity contribution in [2.24, 2.45) is 0 Å². The number of nitrogens with zero attached hydrogens (tertiary/aromatic N) is 7. The molecule has 0 heterocycles. The summed E-state index contributed by atoms with van der Waals surface area (Å²) in [7, 11) is 0. The third-order valence-electron chi connectivity index (χ3n) is 0. The molecule has 13 heteroatoms. The summed E-state index contributed by atoms with van der Waals surface area (Å²) in [4.78, 5) is 0. The van der Waals surface area contributed by atoms with Crippen LogP contribution in [0.5, 0.6) is 0 Å². The Bertz CT molecular complexity index is 128. The molecule has 0 saturated heterocycles. The van der Waals surface area contributed by atoms with E-state index in [-0.39, 0.29) is 274 Å². The number of rotatable bonds is 0. The zero-order valence-electron chi connectivity index (χ0n) is 12.0. The van der Waals surface area contributed by atoms with Crippen LogP contribution in [0.4, 0.5) is 0 Å². The van der Waals surface area contributed by atoms with E-state index < -0.39 is 0 Å². The van der Waals surface area contributed by atoms with E-state index in [2.05, 4.69) is 0 Å². The molecule has 0 aliphatic heterocycles. The van der Waals surface area contributed by atoms with Gasteiger partial charge in [-0.3, -0.25) is 0 Å². The normalized spacial score (nSPS) is 0.700. The monoisotopic (exact) mass is 433 g/mol. The summed E-state index contributed by atoms with van der Waals surface area (Å²) in [5.41, 5.74) is 0. The average Bonchev–Trinajstić information content (AvgIpc) is 2.45. The van der Waals surface area contributed by atoms with Gasteiger partial charge in [0.1, 0.15) is 0 Å². The third kappa shape index (κ3) is 430. The molecule has 0 atom stereocenters. The topological polar surface area (TPSA) is 167 Å². The van der Waals surface area contributed by atoms with Crippen molar-refractivity contribution in [3.63, 3.8) is 0 Å². The molecular weight excluding hydrogens is 433 g/mol. The van der Waals surface area contributed by atoms with Gasteiger partial charge in [0.25, 0.3) is 0 Å². The first-order valence-corrected chi connectivity index (χ1v) is 1.57. The maximum Gasteiger partial charge on any atom is 2.00 e. The van der Waals surface area contributed by atoms with E-state index in [0.29, 0.717) is 0 Å². The van der Waals surface area contributed by atoms with Crippen molar-refractivity contribution in [2.45, 2.75) is 0 Å². The molecule has 0 radical (unpaired) electrons. The van der Waals surface area contributed by atoms with E-state index >= 15 is 0 Å². The van der Waals surface area contributed by atoms with Gasteiger partial charge in [0.05, 0.1) is 0 Å². The Labute approximate surface area is 345 Å². The molecule has 0 rings (SSSR count). The number of hydrogen-bond acceptors (Lipinski definition) is 7. The standard InChI is InChI=1S/7CN.Fe.5K/c7*1-2;;;;;;/q7*-1;+2;5*+1. The molecule has 20 heavy (non-hydrogen) atoms. The van der Waals surface area contributed by atoms with Crippen LogP contribution in [0.1, 0.15) is 0 Å². The molecule has 76 valence electrons. The predicted octanol–water partition coefficient (Wildman–Crippen LogP) is -14.3. The summed E-state index contributed by atoms with van der Waals surface area (Å²) in [5.74, 6) is 0. The smallest absolute Gasteiger partial charge is 0.512 e. The van der Waals surface area contributed by atoms with Crippen LogP contribution >= 0.6 is 0 Å². The van der Waals surface area contributed by atoms with Gasteiger partial charge < -0.3 is 82.8 Å². The second-order valence-corrected chi connectivity index (χ2v) is 0. The molecular formula is C7FeK5N7. The third-order valence-corrected chi connectivity index (χ3v) is 0. The van der Waals surface area contributed by atoms with Crippen molar-refractivity contribution in [1.82, 2.24) is 0 Å². The predicted molar refractivity (Wildman–Crippen MR) is 34.8 cm³/mol. The van der Waals surface area contributed by atoms with Crippen LogP contribution < -0.4 is 257 Å². The van der Waals surface area contributed by atoms with Crippen molar-refractivity contribution in [3.8, 4) is 0 Å². The Morgan fingerprint density at radius 3 is 0.250 bits per heavy atom. The average molecular weight is 433 g/mol. The fourth-order valence-electron chi connectivity index (χ4n) is 0. The molecule has 0 aromatic rings. The van der Waals surface area contributed by atoms with E-state index in [1.54, 1.807) is 0 Å². The number of hydrogen-bond donors (Lipinski definition) is 0. The molecule has 0 unspecified atom stereocenters. The van der Waals surface area contributed by atoms with Gasteiger partial charge in [-0.2, -0.15) is 0 Å². The molecule has 0 aromatic carbocycles. The molecule has 7 nitrogen and oxygen atoms in total. The molecule has 0 saturated carbocycles. The maximum atomic E-state index is 6.25. The van der Waals surface area contributed by atoms with Crippen molar-refractivity contribution < 1.29 is 274 Å². The molecule has 0 bridgehead atoms. The molecule has 0 aliphatic carbocycles. The summed E-state index contributed by atoms with van der Waals surface area (Å²) in [6, 6.07) is 0. The Kier molecular flexibility index (Phi) is 2440. The van der Waals surface area contributed by atoms with Gasteiger partial charge >= 0.3 is 274 Å². The van der Waals surface area contributed by atoms with Crippen molar-refractivity contribution >= 4 is 0 Å². The summed E-state index contributed by atoms with van der Waals surface area (Å²) >= 11 is 0. The molecule has 0 N–H and O–H groups in total. The largest absolute Gasteiger partial charge is 2.00 e. The molecule has 0 aromatic heterocycles. The molecule has 0 aliphatic rings. The molecule has 0 amide bonds. The minimum absolute atomic E-state index is 0. The van der Waals surface area contributed by atoms with E-state index in [1.165, 1.54) is 0 Å². The van der Waals surface area contributed by atoms with Gasteiger partial charge in [0, 0.05) is 0 Å². The zero-order valence-corrected chi connectivity index (χ0v) is 28.7. The second-order valence-electron chi connectivity index (χ2n) is 0. The minimum atomic E-state index is 0. The van der Waals surface area contributed by atoms with Crippen LogP contribution in [0.25, 0.3) is 0 Å². The Balaban J connectivity index is -0.00000000247. The first kappa shape index (κ1) is 99.4. The van der Waals surface area contributed by atoms with Gasteiger partial charge in [-0.1, -0.05) is 0 Å². The van der Waals surface area contributed by atoms with Gasteiger partial charge in [0.15, 0.2) is 0 Å². The van der Waals surface area contributed by atoms with Crippen molar-refractivity contribution in [1.29, 1.82) is 36.8 Å². The maximum absolute atomic E-state index is 6.25. The van der Waals surface area contributed by atoms with E-state index in [9.17, 15) is 0 Å². The SMILES string of the molecule is [C-]#N.[C-]#N.[C-]#N.[C-]#N.[C-]#N.[C-]#N.[C-]#N.[Fe+2].[K+].[K+].[K+].[K+].[K+]. The fourth-order valence-corrected chi connectivity index (χ4v) is 0. The van der Waals surface area contributed by atoms with E-state index in [0.717, 1.165) is 0 Å². The van der Waals surface area contributed by atoms with Crippen LogP contribution in [0.3, 0.4) is 0 Å². The van der Waals surface area contributed by atoms with Crippen LogP contribution in [0, 0.1) is 82.8 Å². The van der Waals surface area contributed by atoms with E-state index in [1.807, 2.05) is 0 Å². The fraction of sp³-hybridized carbons (Fsp3) is 0. The van der Waals surface area contributed by atoms with Crippen LogP contribution in [0.2, 0.25) is 0 Å². The van der Waals surface area contributed by atoms with Gasteiger partial charge in [0.2, 0.25) is 0 Å². The Morgan fingerprint density at radius 2 is 0.250 bits per heavy atom. The minimum Gasteiger partial charge on any atom is -0.512 e. The Hall–Kier alpha value is 5.13. The first-order chi connectivity index (χ1) is 7.00. The zero-order chi connectivity index (χ0) is 14.0. The van der Waals surface area contributed by atoms with Crippen LogP contribution in [0.15, 0.2) is 0 Å². The quantitative estimate of drug-likeness (QED) is 0.270. The van der Waals surface area contributed by atoms with Crippen LogP contribution in [-0.2, 0) is 17.1 Å². The van der Waals surface area contributed by atoms with Gasteiger partial charge in [-0.25, -0.2) is 0 Å². The van der Waals surface area contributed by atoms with Crippen molar-refractivity contribution in [3.05, 3.63) is 46.0 Å². The van der Waals surface area contributed by atoms with Crippen LogP contribution in [-0.4, -0.2) is 0 Å². The summed E-state index contributed by atoms with van der Waals surface area (Å²) in [6.07, 6.45) is 0. The molecule has 0 fully saturated rings. The second kappa shape index (κ2) is 490. The summed E-state index contributed by atoms with van der Waals surface area (Å²) in [6.45, 7) is 33.2. The summed E-state index contributed by atoms with van der Waals surface area (Å²) in [5, 5.41) is 43.8. The Morgan fingerprint density at radius 1 is 0.250 bits per heavy atom. The van der Waals surface area contributed by atoms with Crippen molar-refractivity contribution in [2.75, 3.05) is 0 Å². The summed E-state index contributed by atoms with van der Waals surface area (Å²) < 4.78 is 0. The van der Waals surface area contributed by atoms with Gasteiger partial charge in [-0.15, -0.1) is 0 Å². The van der Waals surface area contributed by atoms with E-state index in [4.69, 9.17) is 82.8 Å². The molecule has 0 spiro atoms. The van der Waals surface area contributed by atoms with Gasteiger partial charge in [-0.05, 0) is 0 Å². The first-order valence-electron chi connectivity index (χ1n) is 1.57.